The Labute approximate surface area is 404 Å². The number of hydrogen-bond donors (Lipinski definition) is 3. The van der Waals surface area contributed by atoms with Gasteiger partial charge in [0.1, 0.15) is 0 Å². The maximum Gasteiger partial charge on any atom is 0.305 e. The molecule has 0 spiro atoms. The number of unbranched alkanes of at least 4 members (excludes halogenated alkanes) is 35. The van der Waals surface area contributed by atoms with Gasteiger partial charge in [-0.2, -0.15) is 0 Å². The number of nitrogens with one attached hydrogen (secondary N) is 1. The molecule has 0 saturated carbocycles. The van der Waals surface area contributed by atoms with Crippen LogP contribution in [-0.4, -0.2) is 47.4 Å². The van der Waals surface area contributed by atoms with Crippen molar-refractivity contribution in [2.45, 2.75) is 302 Å². The molecule has 0 aliphatic carbocycles. The Morgan fingerprint density at radius 2 is 0.769 bits per heavy atom. The summed E-state index contributed by atoms with van der Waals surface area (Å²) in [6.07, 6.45) is 68.4. The number of amides is 1. The molecular weight excluding hydrogens is 803 g/mol. The van der Waals surface area contributed by atoms with Gasteiger partial charge in [0, 0.05) is 12.8 Å². The second-order valence-corrected chi connectivity index (χ2v) is 19.3. The molecule has 0 aliphatic heterocycles. The Bertz CT molecular complexity index is 1100. The van der Waals surface area contributed by atoms with E-state index in [1.165, 1.54) is 173 Å². The monoisotopic (exact) mass is 912 g/mol. The summed E-state index contributed by atoms with van der Waals surface area (Å²) in [7, 11) is 0. The van der Waals surface area contributed by atoms with E-state index < -0.39 is 12.1 Å². The molecule has 380 valence electrons. The van der Waals surface area contributed by atoms with Gasteiger partial charge in [0.15, 0.2) is 0 Å². The summed E-state index contributed by atoms with van der Waals surface area (Å²) in [5, 5.41) is 23.1. The van der Waals surface area contributed by atoms with Crippen molar-refractivity contribution in [3.05, 3.63) is 48.6 Å². The van der Waals surface area contributed by atoms with E-state index in [9.17, 15) is 19.8 Å². The summed E-state index contributed by atoms with van der Waals surface area (Å²) in [5.41, 5.74) is 0. The Morgan fingerprint density at radius 3 is 1.20 bits per heavy atom. The molecule has 0 aromatic rings. The van der Waals surface area contributed by atoms with E-state index >= 15 is 0 Å². The van der Waals surface area contributed by atoms with Crippen molar-refractivity contribution in [1.29, 1.82) is 0 Å². The van der Waals surface area contributed by atoms with Crippen LogP contribution in [0.25, 0.3) is 0 Å². The summed E-state index contributed by atoms with van der Waals surface area (Å²) in [5.74, 6) is -0.137. The first-order chi connectivity index (χ1) is 32.0. The minimum absolute atomic E-state index is 0.0406. The van der Waals surface area contributed by atoms with Crippen LogP contribution in [0, 0.1) is 0 Å². The van der Waals surface area contributed by atoms with Gasteiger partial charge in [-0.05, 0) is 89.9 Å². The van der Waals surface area contributed by atoms with Crippen LogP contribution in [0.3, 0.4) is 0 Å². The smallest absolute Gasteiger partial charge is 0.305 e. The van der Waals surface area contributed by atoms with Gasteiger partial charge in [-0.15, -0.1) is 0 Å². The van der Waals surface area contributed by atoms with Gasteiger partial charge >= 0.3 is 5.97 Å². The molecule has 0 rings (SSSR count). The Hall–Kier alpha value is -2.18. The van der Waals surface area contributed by atoms with E-state index in [1.54, 1.807) is 6.08 Å². The molecule has 6 heteroatoms. The predicted octanol–water partition coefficient (Wildman–Crippen LogP) is 17.4. The second-order valence-electron chi connectivity index (χ2n) is 19.3. The largest absolute Gasteiger partial charge is 0.466 e. The lowest BCUT2D eigenvalue weighted by molar-refractivity contribution is -0.143. The van der Waals surface area contributed by atoms with Crippen LogP contribution in [0.4, 0.5) is 0 Å². The number of carbonyl (C=O) groups excluding carboxylic acids is 2. The predicted molar refractivity (Wildman–Crippen MR) is 282 cm³/mol. The minimum Gasteiger partial charge on any atom is -0.466 e. The van der Waals surface area contributed by atoms with E-state index in [-0.39, 0.29) is 18.5 Å². The summed E-state index contributed by atoms with van der Waals surface area (Å²) >= 11 is 0. The van der Waals surface area contributed by atoms with Gasteiger partial charge in [0.25, 0.3) is 0 Å². The van der Waals surface area contributed by atoms with Crippen LogP contribution in [0.2, 0.25) is 0 Å². The number of allylic oxidation sites excluding steroid dienone is 7. The van der Waals surface area contributed by atoms with Crippen molar-refractivity contribution in [2.24, 2.45) is 0 Å². The maximum atomic E-state index is 12.5. The highest BCUT2D eigenvalue weighted by Gasteiger charge is 2.18. The van der Waals surface area contributed by atoms with E-state index in [0.29, 0.717) is 19.4 Å². The van der Waals surface area contributed by atoms with Crippen LogP contribution >= 0.6 is 0 Å². The number of aliphatic hydroxyl groups is 2. The number of carbonyl (C=O) groups is 2. The van der Waals surface area contributed by atoms with E-state index in [2.05, 4.69) is 55.6 Å². The first kappa shape index (κ1) is 62.8. The molecule has 0 aliphatic rings. The minimum atomic E-state index is -0.865. The van der Waals surface area contributed by atoms with Crippen molar-refractivity contribution >= 4 is 11.9 Å². The van der Waals surface area contributed by atoms with Crippen LogP contribution in [-0.2, 0) is 14.3 Å². The molecule has 65 heavy (non-hydrogen) atoms. The van der Waals surface area contributed by atoms with Gasteiger partial charge in [0.05, 0.1) is 25.4 Å². The Balaban J connectivity index is 3.55. The van der Waals surface area contributed by atoms with Crippen molar-refractivity contribution in [2.75, 3.05) is 13.2 Å². The zero-order valence-corrected chi connectivity index (χ0v) is 43.2. The third kappa shape index (κ3) is 51.1. The lowest BCUT2D eigenvalue weighted by atomic mass is 10.0. The third-order valence-electron chi connectivity index (χ3n) is 12.8. The number of rotatable bonds is 52. The summed E-state index contributed by atoms with van der Waals surface area (Å²) in [4.78, 5) is 24.5. The van der Waals surface area contributed by atoms with Gasteiger partial charge < -0.3 is 20.3 Å². The second kappa shape index (κ2) is 54.4. The van der Waals surface area contributed by atoms with Crippen molar-refractivity contribution in [3.63, 3.8) is 0 Å². The van der Waals surface area contributed by atoms with E-state index in [4.69, 9.17) is 4.74 Å². The summed E-state index contributed by atoms with van der Waals surface area (Å²) < 4.78 is 5.45. The van der Waals surface area contributed by atoms with Gasteiger partial charge in [-0.3, -0.25) is 9.59 Å². The highest BCUT2D eigenvalue weighted by atomic mass is 16.5. The fourth-order valence-corrected chi connectivity index (χ4v) is 8.42. The molecule has 0 radical (unpaired) electrons. The molecule has 0 aromatic carbocycles. The average Bonchev–Trinajstić information content (AvgIpc) is 3.31. The number of hydrogen-bond acceptors (Lipinski definition) is 5. The van der Waals surface area contributed by atoms with Gasteiger partial charge in [-0.1, -0.05) is 236 Å². The quantitative estimate of drug-likeness (QED) is 0.0321. The molecule has 6 nitrogen and oxygen atoms in total. The molecule has 2 unspecified atom stereocenters. The molecular formula is C59H109NO5. The van der Waals surface area contributed by atoms with Crippen LogP contribution in [0.1, 0.15) is 290 Å². The standard InChI is InChI=1S/C59H109NO5/c1-3-5-7-9-11-13-15-17-19-21-23-24-26-28-31-35-39-43-47-51-57(62)56(55-61)60-58(63)52-48-44-40-36-32-30-34-38-42-46-50-54-65-59(64)53-49-45-41-37-33-29-27-25-22-20-18-16-14-12-10-8-6-4-2/h14,16,20,22,34,38,47,51,56-57,61-62H,3-13,15,17-19,21,23-33,35-37,39-46,48-50,52-55H2,1-2H3,(H,60,63)/b16-14-,22-20-,38-34-,51-47+. The molecule has 0 bridgehead atoms. The lowest BCUT2D eigenvalue weighted by Crippen LogP contribution is -2.45. The Morgan fingerprint density at radius 1 is 0.431 bits per heavy atom. The first-order valence-electron chi connectivity index (χ1n) is 28.4. The third-order valence-corrected chi connectivity index (χ3v) is 12.8. The lowest BCUT2D eigenvalue weighted by Gasteiger charge is -2.20. The SMILES string of the molecule is CCCCCC/C=C\C/C=C\CCCCCCCCCC(=O)OCCCC/C=C\CCCCCCCC(=O)NC(CO)C(O)/C=C/CCCCCCCCCCCCCCCCCCC. The first-order valence-corrected chi connectivity index (χ1v) is 28.4. The average molecular weight is 913 g/mol. The molecule has 0 heterocycles. The molecule has 0 fully saturated rings. The molecule has 3 N–H and O–H groups in total. The summed E-state index contributed by atoms with van der Waals surface area (Å²) in [6.45, 7) is 4.81. The fraction of sp³-hybridized carbons (Fsp3) is 0.831. The molecule has 0 saturated heterocycles. The number of esters is 1. The highest BCUT2D eigenvalue weighted by Crippen LogP contribution is 2.16. The molecule has 2 atom stereocenters. The van der Waals surface area contributed by atoms with Gasteiger partial charge in [-0.25, -0.2) is 0 Å². The normalized spacial score (nSPS) is 13.0. The summed E-state index contributed by atoms with van der Waals surface area (Å²) in [6, 6.07) is -0.651. The zero-order valence-electron chi connectivity index (χ0n) is 43.2. The highest BCUT2D eigenvalue weighted by molar-refractivity contribution is 5.76. The van der Waals surface area contributed by atoms with Gasteiger partial charge in [0.2, 0.25) is 5.91 Å². The van der Waals surface area contributed by atoms with Crippen LogP contribution in [0.15, 0.2) is 48.6 Å². The van der Waals surface area contributed by atoms with Crippen LogP contribution in [0.5, 0.6) is 0 Å². The van der Waals surface area contributed by atoms with E-state index in [1.807, 2.05) is 6.08 Å². The zero-order chi connectivity index (χ0) is 47.2. The topological polar surface area (TPSA) is 95.9 Å². The van der Waals surface area contributed by atoms with Crippen molar-refractivity contribution in [1.82, 2.24) is 5.32 Å². The molecule has 0 aromatic heterocycles. The molecule has 1 amide bonds. The van der Waals surface area contributed by atoms with Crippen molar-refractivity contribution < 1.29 is 24.5 Å². The van der Waals surface area contributed by atoms with Crippen LogP contribution < -0.4 is 5.32 Å². The van der Waals surface area contributed by atoms with Crippen molar-refractivity contribution in [3.8, 4) is 0 Å². The Kier molecular flexibility index (Phi) is 52.6. The fourth-order valence-electron chi connectivity index (χ4n) is 8.42. The number of aliphatic hydroxyl groups excluding tert-OH is 2. The van der Waals surface area contributed by atoms with E-state index in [0.717, 1.165) is 89.9 Å². The number of ether oxygens (including phenoxy) is 1. The maximum absolute atomic E-state index is 12.5.